The Kier molecular flexibility index (Phi) is 9.12. The molecule has 1 saturated heterocycles. The van der Waals surface area contributed by atoms with Gasteiger partial charge in [-0.3, -0.25) is 0 Å². The van der Waals surface area contributed by atoms with Crippen molar-refractivity contribution in [1.29, 1.82) is 0 Å². The van der Waals surface area contributed by atoms with Crippen LogP contribution < -0.4 is 5.32 Å². The molecule has 0 amide bonds. The Bertz CT molecular complexity index is 788. The third-order valence-electron chi connectivity index (χ3n) is 7.45. The summed E-state index contributed by atoms with van der Waals surface area (Å²) in [6.07, 6.45) is 3.49. The standard InChI is InChI=1S/C28H43NO2Si/c1-28(2,3)32(4,5)31-22-25(18-20-30-21-23-13-8-6-9-14-23)27-26(17-12-19-29-27)24-15-10-7-11-16-24/h6-11,13-16,25-27,29H,12,17-22H2,1-5H3/t25-,26+,27+/m1/s1. The molecule has 1 N–H and O–H groups in total. The van der Waals surface area contributed by atoms with Gasteiger partial charge in [0.05, 0.1) is 6.61 Å². The van der Waals surface area contributed by atoms with E-state index in [1.54, 1.807) is 0 Å². The molecule has 4 heteroatoms. The normalized spacial score (nSPS) is 20.8. The summed E-state index contributed by atoms with van der Waals surface area (Å²) in [5.41, 5.74) is 2.69. The molecule has 2 aromatic carbocycles. The van der Waals surface area contributed by atoms with Crippen molar-refractivity contribution in [2.45, 2.75) is 76.7 Å². The van der Waals surface area contributed by atoms with Crippen molar-refractivity contribution in [3.8, 4) is 0 Å². The lowest BCUT2D eigenvalue weighted by Crippen LogP contribution is -2.49. The SMILES string of the molecule is CC(C)(C)[Si](C)(C)OC[C@@H](CCOCc1ccccc1)[C@@H]1NCCC[C@H]1c1ccccc1. The van der Waals surface area contributed by atoms with Crippen LogP contribution in [0.5, 0.6) is 0 Å². The fraction of sp³-hybridized carbons (Fsp3) is 0.571. The van der Waals surface area contributed by atoms with Gasteiger partial charge in [0.25, 0.3) is 0 Å². The predicted octanol–water partition coefficient (Wildman–Crippen LogP) is 6.77. The summed E-state index contributed by atoms with van der Waals surface area (Å²) in [7, 11) is -1.80. The second kappa shape index (κ2) is 11.6. The zero-order chi connectivity index (χ0) is 23.0. The lowest BCUT2D eigenvalue weighted by atomic mass is 9.78. The Morgan fingerprint density at radius 1 is 1.00 bits per heavy atom. The molecule has 176 valence electrons. The molecule has 0 unspecified atom stereocenters. The maximum atomic E-state index is 6.75. The van der Waals surface area contributed by atoms with E-state index >= 15 is 0 Å². The summed E-state index contributed by atoms with van der Waals surface area (Å²) in [6, 6.07) is 21.9. The van der Waals surface area contributed by atoms with E-state index in [1.165, 1.54) is 24.0 Å². The smallest absolute Gasteiger partial charge is 0.191 e. The van der Waals surface area contributed by atoms with Gasteiger partial charge in [0.2, 0.25) is 0 Å². The van der Waals surface area contributed by atoms with Gasteiger partial charge in [-0.05, 0) is 66.9 Å². The van der Waals surface area contributed by atoms with Gasteiger partial charge in [0.1, 0.15) is 0 Å². The van der Waals surface area contributed by atoms with Gasteiger partial charge in [-0.2, -0.15) is 0 Å². The molecule has 2 aromatic rings. The molecule has 1 aliphatic heterocycles. The van der Waals surface area contributed by atoms with Crippen LogP contribution in [0.25, 0.3) is 0 Å². The van der Waals surface area contributed by atoms with Gasteiger partial charge in [0.15, 0.2) is 8.32 Å². The topological polar surface area (TPSA) is 30.5 Å². The molecule has 0 aromatic heterocycles. The first-order valence-electron chi connectivity index (χ1n) is 12.3. The van der Waals surface area contributed by atoms with Crippen LogP contribution in [-0.4, -0.2) is 34.1 Å². The third-order valence-corrected chi connectivity index (χ3v) is 12.0. The van der Waals surface area contributed by atoms with Gasteiger partial charge >= 0.3 is 0 Å². The van der Waals surface area contributed by atoms with Crippen molar-refractivity contribution in [3.05, 3.63) is 71.8 Å². The molecule has 3 rings (SSSR count). The van der Waals surface area contributed by atoms with E-state index < -0.39 is 8.32 Å². The molecule has 3 atom stereocenters. The van der Waals surface area contributed by atoms with Crippen LogP contribution in [0.1, 0.15) is 57.1 Å². The van der Waals surface area contributed by atoms with E-state index in [2.05, 4.69) is 99.8 Å². The van der Waals surface area contributed by atoms with Crippen LogP contribution in [0.3, 0.4) is 0 Å². The number of hydrogen-bond donors (Lipinski definition) is 1. The highest BCUT2D eigenvalue weighted by Crippen LogP contribution is 2.38. The van der Waals surface area contributed by atoms with Gasteiger partial charge < -0.3 is 14.5 Å². The number of benzene rings is 2. The summed E-state index contributed by atoms with van der Waals surface area (Å²) in [5, 5.41) is 4.10. The fourth-order valence-corrected chi connectivity index (χ4v) is 5.44. The lowest BCUT2D eigenvalue weighted by Gasteiger charge is -2.42. The number of nitrogens with one attached hydrogen (secondary N) is 1. The average molecular weight is 454 g/mol. The number of rotatable bonds is 10. The van der Waals surface area contributed by atoms with E-state index in [9.17, 15) is 0 Å². The molecule has 3 nitrogen and oxygen atoms in total. The zero-order valence-corrected chi connectivity index (χ0v) is 21.8. The van der Waals surface area contributed by atoms with Gasteiger partial charge in [-0.15, -0.1) is 0 Å². The number of piperidine rings is 1. The Labute approximate surface area is 197 Å². The molecule has 0 radical (unpaired) electrons. The highest BCUT2D eigenvalue weighted by atomic mass is 28.4. The van der Waals surface area contributed by atoms with Crippen LogP contribution in [0.2, 0.25) is 18.1 Å². The van der Waals surface area contributed by atoms with E-state index in [1.807, 2.05) is 0 Å². The van der Waals surface area contributed by atoms with E-state index in [4.69, 9.17) is 9.16 Å². The average Bonchev–Trinajstić information content (AvgIpc) is 2.79. The minimum atomic E-state index is -1.80. The first-order chi connectivity index (χ1) is 15.3. The first-order valence-corrected chi connectivity index (χ1v) is 15.2. The van der Waals surface area contributed by atoms with Crippen molar-refractivity contribution in [1.82, 2.24) is 5.32 Å². The van der Waals surface area contributed by atoms with E-state index in [0.717, 1.165) is 26.2 Å². The van der Waals surface area contributed by atoms with Gasteiger partial charge in [0, 0.05) is 19.3 Å². The quantitative estimate of drug-likeness (QED) is 0.318. The largest absolute Gasteiger partial charge is 0.416 e. The first kappa shape index (κ1) is 25.2. The van der Waals surface area contributed by atoms with E-state index in [0.29, 0.717) is 24.5 Å². The Morgan fingerprint density at radius 3 is 2.31 bits per heavy atom. The van der Waals surface area contributed by atoms with Crippen molar-refractivity contribution in [2.24, 2.45) is 5.92 Å². The van der Waals surface area contributed by atoms with Crippen LogP contribution in [0.15, 0.2) is 60.7 Å². The van der Waals surface area contributed by atoms with Crippen LogP contribution in [-0.2, 0) is 15.8 Å². The summed E-state index contributed by atoms with van der Waals surface area (Å²) in [4.78, 5) is 0. The number of ether oxygens (including phenoxy) is 1. The van der Waals surface area contributed by atoms with Crippen LogP contribution >= 0.6 is 0 Å². The van der Waals surface area contributed by atoms with Crippen molar-refractivity contribution in [2.75, 3.05) is 19.8 Å². The Balaban J connectivity index is 1.69. The number of hydrogen-bond acceptors (Lipinski definition) is 3. The molecule has 32 heavy (non-hydrogen) atoms. The van der Waals surface area contributed by atoms with Crippen LogP contribution in [0, 0.1) is 5.92 Å². The van der Waals surface area contributed by atoms with Gasteiger partial charge in [-0.25, -0.2) is 0 Å². The summed E-state index contributed by atoms with van der Waals surface area (Å²) < 4.78 is 12.9. The monoisotopic (exact) mass is 453 g/mol. The Hall–Kier alpha value is -1.46. The fourth-order valence-electron chi connectivity index (χ4n) is 4.38. The second-order valence-corrected chi connectivity index (χ2v) is 15.6. The minimum absolute atomic E-state index is 0.222. The molecular weight excluding hydrogens is 410 g/mol. The molecule has 0 saturated carbocycles. The highest BCUT2D eigenvalue weighted by Gasteiger charge is 2.39. The molecule has 1 heterocycles. The second-order valence-electron chi connectivity index (χ2n) is 10.8. The van der Waals surface area contributed by atoms with Crippen molar-refractivity contribution >= 4 is 8.32 Å². The minimum Gasteiger partial charge on any atom is -0.416 e. The molecule has 0 bridgehead atoms. The predicted molar refractivity (Wildman–Crippen MR) is 138 cm³/mol. The maximum Gasteiger partial charge on any atom is 0.191 e. The third kappa shape index (κ3) is 7.02. The maximum absolute atomic E-state index is 6.75. The summed E-state index contributed by atoms with van der Waals surface area (Å²) in [5.74, 6) is 0.970. The summed E-state index contributed by atoms with van der Waals surface area (Å²) >= 11 is 0. The van der Waals surface area contributed by atoms with Gasteiger partial charge in [-0.1, -0.05) is 81.4 Å². The Morgan fingerprint density at radius 2 is 1.66 bits per heavy atom. The van der Waals surface area contributed by atoms with E-state index in [-0.39, 0.29) is 5.04 Å². The lowest BCUT2D eigenvalue weighted by molar-refractivity contribution is 0.0794. The molecule has 0 spiro atoms. The highest BCUT2D eigenvalue weighted by molar-refractivity contribution is 6.74. The summed E-state index contributed by atoms with van der Waals surface area (Å²) in [6.45, 7) is 15.0. The molecule has 1 fully saturated rings. The molecule has 1 aliphatic rings. The van der Waals surface area contributed by atoms with Crippen molar-refractivity contribution < 1.29 is 9.16 Å². The zero-order valence-electron chi connectivity index (χ0n) is 20.8. The molecule has 0 aliphatic carbocycles. The van der Waals surface area contributed by atoms with Crippen LogP contribution in [0.4, 0.5) is 0 Å². The molecular formula is C28H43NO2Si. The van der Waals surface area contributed by atoms with Crippen molar-refractivity contribution in [3.63, 3.8) is 0 Å².